The molecule has 0 radical (unpaired) electrons. The normalized spacial score (nSPS) is 20.1. The quantitative estimate of drug-likeness (QED) is 0.601. The maximum absolute atomic E-state index is 5.49. The Balaban J connectivity index is 2.17. The van der Waals surface area contributed by atoms with Crippen molar-refractivity contribution in [2.24, 2.45) is 5.41 Å². The van der Waals surface area contributed by atoms with Crippen LogP contribution in [0.3, 0.4) is 0 Å². The zero-order valence-corrected chi connectivity index (χ0v) is 11.1. The highest BCUT2D eigenvalue weighted by Crippen LogP contribution is 2.34. The van der Waals surface area contributed by atoms with Gasteiger partial charge in [-0.2, -0.15) is 0 Å². The van der Waals surface area contributed by atoms with E-state index in [1.54, 1.807) is 0 Å². The SMILES string of the molecule is CCCCOC/C=C/C1=CCC(C)(C)CC1. The Hall–Kier alpha value is -0.560. The van der Waals surface area contributed by atoms with Crippen molar-refractivity contribution in [3.63, 3.8) is 0 Å². The topological polar surface area (TPSA) is 9.23 Å². The molecule has 0 spiro atoms. The van der Waals surface area contributed by atoms with Crippen LogP contribution in [0.15, 0.2) is 23.8 Å². The molecule has 0 saturated heterocycles. The maximum atomic E-state index is 5.49. The smallest absolute Gasteiger partial charge is 0.0650 e. The molecule has 1 heteroatoms. The van der Waals surface area contributed by atoms with E-state index in [-0.39, 0.29) is 0 Å². The second-order valence-electron chi connectivity index (χ2n) is 5.48. The molecule has 1 aliphatic rings. The van der Waals surface area contributed by atoms with E-state index < -0.39 is 0 Å². The molecule has 0 aromatic carbocycles. The third-order valence-electron chi connectivity index (χ3n) is 3.20. The Morgan fingerprint density at radius 2 is 2.25 bits per heavy atom. The Morgan fingerprint density at radius 1 is 1.44 bits per heavy atom. The zero-order valence-electron chi connectivity index (χ0n) is 11.1. The molecule has 0 bridgehead atoms. The van der Waals surface area contributed by atoms with E-state index in [1.165, 1.54) is 37.7 Å². The fourth-order valence-corrected chi connectivity index (χ4v) is 1.84. The Kier molecular flexibility index (Phi) is 5.83. The summed E-state index contributed by atoms with van der Waals surface area (Å²) in [6, 6.07) is 0. The summed E-state index contributed by atoms with van der Waals surface area (Å²) < 4.78 is 5.49. The van der Waals surface area contributed by atoms with Crippen molar-refractivity contribution < 1.29 is 4.74 Å². The van der Waals surface area contributed by atoms with Gasteiger partial charge in [0.1, 0.15) is 0 Å². The van der Waals surface area contributed by atoms with Crippen LogP contribution in [0.5, 0.6) is 0 Å². The fraction of sp³-hybridized carbons (Fsp3) is 0.733. The molecule has 0 atom stereocenters. The molecule has 1 nitrogen and oxygen atoms in total. The molecule has 1 aliphatic carbocycles. The van der Waals surface area contributed by atoms with Gasteiger partial charge in [-0.3, -0.25) is 0 Å². The summed E-state index contributed by atoms with van der Waals surface area (Å²) in [6.07, 6.45) is 12.9. The van der Waals surface area contributed by atoms with Gasteiger partial charge in [0.05, 0.1) is 6.61 Å². The summed E-state index contributed by atoms with van der Waals surface area (Å²) in [4.78, 5) is 0. The van der Waals surface area contributed by atoms with E-state index in [4.69, 9.17) is 4.74 Å². The largest absolute Gasteiger partial charge is 0.377 e. The standard InChI is InChI=1S/C15H26O/c1-4-5-12-16-13-6-7-14-8-10-15(2,3)11-9-14/h6-8H,4-5,9-13H2,1-3H3/b7-6+. The molecule has 92 valence electrons. The first-order valence-corrected chi connectivity index (χ1v) is 6.57. The molecular weight excluding hydrogens is 196 g/mol. The van der Waals surface area contributed by atoms with Crippen LogP contribution >= 0.6 is 0 Å². The molecule has 0 unspecified atom stereocenters. The van der Waals surface area contributed by atoms with Gasteiger partial charge in [0, 0.05) is 6.61 Å². The van der Waals surface area contributed by atoms with Crippen LogP contribution in [-0.4, -0.2) is 13.2 Å². The lowest BCUT2D eigenvalue weighted by Crippen LogP contribution is -2.13. The summed E-state index contributed by atoms with van der Waals surface area (Å²) >= 11 is 0. The summed E-state index contributed by atoms with van der Waals surface area (Å²) in [7, 11) is 0. The molecule has 0 saturated carbocycles. The van der Waals surface area contributed by atoms with Crippen LogP contribution in [0.1, 0.15) is 52.9 Å². The minimum absolute atomic E-state index is 0.509. The van der Waals surface area contributed by atoms with E-state index in [0.717, 1.165) is 13.2 Å². The Morgan fingerprint density at radius 3 is 2.88 bits per heavy atom. The lowest BCUT2D eigenvalue weighted by atomic mass is 9.78. The first kappa shape index (κ1) is 13.5. The summed E-state index contributed by atoms with van der Waals surface area (Å²) in [5.41, 5.74) is 1.99. The van der Waals surface area contributed by atoms with Gasteiger partial charge in [0.25, 0.3) is 0 Å². The van der Waals surface area contributed by atoms with Crippen LogP contribution < -0.4 is 0 Å². The van der Waals surface area contributed by atoms with E-state index in [0.29, 0.717) is 5.41 Å². The summed E-state index contributed by atoms with van der Waals surface area (Å²) in [5, 5.41) is 0. The van der Waals surface area contributed by atoms with Crippen LogP contribution in [0, 0.1) is 5.41 Å². The highest BCUT2D eigenvalue weighted by Gasteiger charge is 2.19. The van der Waals surface area contributed by atoms with Crippen LogP contribution in [0.25, 0.3) is 0 Å². The average Bonchev–Trinajstić information content (AvgIpc) is 2.25. The van der Waals surface area contributed by atoms with Crippen LogP contribution in [0.4, 0.5) is 0 Å². The van der Waals surface area contributed by atoms with E-state index >= 15 is 0 Å². The fourth-order valence-electron chi connectivity index (χ4n) is 1.84. The van der Waals surface area contributed by atoms with Crippen molar-refractivity contribution in [1.29, 1.82) is 0 Å². The van der Waals surface area contributed by atoms with Crippen LogP contribution in [-0.2, 0) is 4.74 Å². The van der Waals surface area contributed by atoms with Crippen molar-refractivity contribution in [2.45, 2.75) is 52.9 Å². The molecule has 16 heavy (non-hydrogen) atoms. The third-order valence-corrected chi connectivity index (χ3v) is 3.20. The van der Waals surface area contributed by atoms with E-state index in [9.17, 15) is 0 Å². The second kappa shape index (κ2) is 6.90. The van der Waals surface area contributed by atoms with Gasteiger partial charge in [-0.15, -0.1) is 0 Å². The van der Waals surface area contributed by atoms with Gasteiger partial charge in [-0.05, 0) is 31.1 Å². The minimum atomic E-state index is 0.509. The number of ether oxygens (including phenoxy) is 1. The minimum Gasteiger partial charge on any atom is -0.377 e. The van der Waals surface area contributed by atoms with Crippen molar-refractivity contribution in [1.82, 2.24) is 0 Å². The van der Waals surface area contributed by atoms with Crippen molar-refractivity contribution in [3.8, 4) is 0 Å². The molecule has 0 fully saturated rings. The first-order valence-electron chi connectivity index (χ1n) is 6.57. The Bertz CT molecular complexity index is 248. The number of hydrogen-bond acceptors (Lipinski definition) is 1. The van der Waals surface area contributed by atoms with Crippen molar-refractivity contribution in [3.05, 3.63) is 23.8 Å². The van der Waals surface area contributed by atoms with Crippen molar-refractivity contribution in [2.75, 3.05) is 13.2 Å². The monoisotopic (exact) mass is 222 g/mol. The molecule has 0 aliphatic heterocycles. The zero-order chi connectivity index (χ0) is 11.9. The lowest BCUT2D eigenvalue weighted by molar-refractivity contribution is 0.159. The lowest BCUT2D eigenvalue weighted by Gasteiger charge is -2.27. The predicted molar refractivity (Wildman–Crippen MR) is 70.6 cm³/mol. The number of allylic oxidation sites excluding steroid dienone is 3. The van der Waals surface area contributed by atoms with Gasteiger partial charge >= 0.3 is 0 Å². The first-order chi connectivity index (χ1) is 7.64. The molecule has 0 amide bonds. The summed E-state index contributed by atoms with van der Waals surface area (Å²) in [5.74, 6) is 0. The number of unbranched alkanes of at least 4 members (excludes halogenated alkanes) is 1. The highest BCUT2D eigenvalue weighted by atomic mass is 16.5. The van der Waals surface area contributed by atoms with Crippen LogP contribution in [0.2, 0.25) is 0 Å². The molecule has 0 N–H and O–H groups in total. The van der Waals surface area contributed by atoms with E-state index in [1.807, 2.05) is 0 Å². The van der Waals surface area contributed by atoms with Gasteiger partial charge in [-0.25, -0.2) is 0 Å². The van der Waals surface area contributed by atoms with Gasteiger partial charge in [0.2, 0.25) is 0 Å². The molecule has 1 rings (SSSR count). The highest BCUT2D eigenvalue weighted by molar-refractivity contribution is 5.21. The maximum Gasteiger partial charge on any atom is 0.0650 e. The molecule has 0 heterocycles. The second-order valence-corrected chi connectivity index (χ2v) is 5.48. The summed E-state index contributed by atoms with van der Waals surface area (Å²) in [6.45, 7) is 8.54. The van der Waals surface area contributed by atoms with E-state index in [2.05, 4.69) is 39.0 Å². The average molecular weight is 222 g/mol. The molecule has 0 aromatic heterocycles. The van der Waals surface area contributed by atoms with Crippen molar-refractivity contribution >= 4 is 0 Å². The number of rotatable bonds is 6. The molecular formula is C15H26O. The molecule has 0 aromatic rings. The van der Waals surface area contributed by atoms with Gasteiger partial charge in [-0.1, -0.05) is 51.0 Å². The third kappa shape index (κ3) is 5.50. The number of hydrogen-bond donors (Lipinski definition) is 0. The van der Waals surface area contributed by atoms with Gasteiger partial charge in [0.15, 0.2) is 0 Å². The van der Waals surface area contributed by atoms with Gasteiger partial charge < -0.3 is 4.74 Å². The Labute approximate surface area is 101 Å². The predicted octanol–water partition coefficient (Wildman–Crippen LogP) is 4.50.